The fraction of sp³-hybridized carbons (Fsp3) is 0.696. The summed E-state index contributed by atoms with van der Waals surface area (Å²) in [5, 5.41) is 3.59. The number of likely N-dealkylation sites (tertiary alicyclic amines) is 1. The van der Waals surface area contributed by atoms with Crippen molar-refractivity contribution in [3.05, 3.63) is 35.4 Å². The number of hydrogen-bond donors (Lipinski definition) is 1. The summed E-state index contributed by atoms with van der Waals surface area (Å²) in [4.78, 5) is 7.03. The number of fused-ring (bicyclic) bond motifs is 1. The summed E-state index contributed by atoms with van der Waals surface area (Å²) >= 11 is 0. The lowest BCUT2D eigenvalue weighted by Gasteiger charge is -2.23. The standard InChI is InChI=1S/C23H35N3O2.HI/c1-24-23(26-15-20-7-2-3-8-21(20)16-26)25-14-18-5-4-6-19(13-18)17-28-22-9-11-27-12-10-22;/h4-6,13,20-22H,2-3,7-12,14-17H2,1H3,(H,24,25);1H. The second-order valence-corrected chi connectivity index (χ2v) is 8.55. The van der Waals surface area contributed by atoms with E-state index >= 15 is 0 Å². The number of halogens is 1. The molecule has 0 bridgehead atoms. The Labute approximate surface area is 192 Å². The molecule has 0 amide bonds. The number of guanidine groups is 1. The maximum atomic E-state index is 6.07. The molecule has 2 saturated heterocycles. The number of benzene rings is 1. The molecule has 2 aliphatic heterocycles. The summed E-state index contributed by atoms with van der Waals surface area (Å²) in [6.07, 6.45) is 7.96. The van der Waals surface area contributed by atoms with Crippen molar-refractivity contribution in [1.82, 2.24) is 10.2 Å². The van der Waals surface area contributed by atoms with Crippen LogP contribution in [0.3, 0.4) is 0 Å². The van der Waals surface area contributed by atoms with Gasteiger partial charge >= 0.3 is 0 Å². The molecule has 3 aliphatic rings. The van der Waals surface area contributed by atoms with Gasteiger partial charge in [0.1, 0.15) is 0 Å². The zero-order chi connectivity index (χ0) is 19.2. The minimum absolute atomic E-state index is 0. The highest BCUT2D eigenvalue weighted by Gasteiger charge is 2.35. The average Bonchev–Trinajstić information content (AvgIpc) is 3.18. The summed E-state index contributed by atoms with van der Waals surface area (Å²) in [7, 11) is 1.91. The van der Waals surface area contributed by atoms with Crippen molar-refractivity contribution in [3.63, 3.8) is 0 Å². The van der Waals surface area contributed by atoms with E-state index in [1.54, 1.807) is 0 Å². The van der Waals surface area contributed by atoms with Crippen molar-refractivity contribution in [1.29, 1.82) is 0 Å². The van der Waals surface area contributed by atoms with Crippen LogP contribution in [-0.4, -0.2) is 50.3 Å². The second-order valence-electron chi connectivity index (χ2n) is 8.55. The molecule has 6 heteroatoms. The van der Waals surface area contributed by atoms with E-state index < -0.39 is 0 Å². The van der Waals surface area contributed by atoms with Crippen LogP contribution in [0.5, 0.6) is 0 Å². The summed E-state index contributed by atoms with van der Waals surface area (Å²) in [6.45, 7) is 5.48. The van der Waals surface area contributed by atoms with Crippen LogP contribution in [0.2, 0.25) is 0 Å². The van der Waals surface area contributed by atoms with Crippen LogP contribution in [-0.2, 0) is 22.6 Å². The minimum atomic E-state index is 0. The van der Waals surface area contributed by atoms with E-state index in [2.05, 4.69) is 39.5 Å². The molecular formula is C23H36IN3O2. The molecule has 3 fully saturated rings. The van der Waals surface area contributed by atoms with Crippen LogP contribution >= 0.6 is 24.0 Å². The highest BCUT2D eigenvalue weighted by atomic mass is 127. The van der Waals surface area contributed by atoms with E-state index in [1.165, 1.54) is 49.9 Å². The van der Waals surface area contributed by atoms with E-state index in [0.29, 0.717) is 12.7 Å². The smallest absolute Gasteiger partial charge is 0.193 e. The SMILES string of the molecule is CN=C(NCc1cccc(COC2CCOCC2)c1)N1CC2CCCCC2C1.I. The van der Waals surface area contributed by atoms with Crippen molar-refractivity contribution < 1.29 is 9.47 Å². The third-order valence-electron chi connectivity index (χ3n) is 6.58. The molecule has 29 heavy (non-hydrogen) atoms. The number of aliphatic imine (C=N–C) groups is 1. The Hall–Kier alpha value is -0.860. The first kappa shape index (κ1) is 22.8. The van der Waals surface area contributed by atoms with Gasteiger partial charge in [0.2, 0.25) is 0 Å². The van der Waals surface area contributed by atoms with Crippen LogP contribution < -0.4 is 5.32 Å². The van der Waals surface area contributed by atoms with Crippen LogP contribution in [0.4, 0.5) is 0 Å². The number of nitrogens with one attached hydrogen (secondary N) is 1. The molecular weight excluding hydrogens is 477 g/mol. The molecule has 2 atom stereocenters. The summed E-state index contributed by atoms with van der Waals surface area (Å²) < 4.78 is 11.5. The lowest BCUT2D eigenvalue weighted by atomic mass is 9.82. The lowest BCUT2D eigenvalue weighted by molar-refractivity contribution is -0.0390. The summed E-state index contributed by atoms with van der Waals surface area (Å²) in [6, 6.07) is 8.72. The van der Waals surface area contributed by atoms with Crippen LogP contribution in [0.25, 0.3) is 0 Å². The van der Waals surface area contributed by atoms with Gasteiger partial charge in [-0.15, -0.1) is 24.0 Å². The highest BCUT2D eigenvalue weighted by molar-refractivity contribution is 14.0. The van der Waals surface area contributed by atoms with Gasteiger partial charge in [0.15, 0.2) is 5.96 Å². The molecule has 1 aliphatic carbocycles. The van der Waals surface area contributed by atoms with Crippen molar-refractivity contribution in [2.24, 2.45) is 16.8 Å². The van der Waals surface area contributed by atoms with Gasteiger partial charge in [-0.25, -0.2) is 0 Å². The number of rotatable bonds is 5. The molecule has 162 valence electrons. The number of ether oxygens (including phenoxy) is 2. The Balaban J connectivity index is 0.00000240. The maximum absolute atomic E-state index is 6.07. The molecule has 2 heterocycles. The molecule has 0 spiro atoms. The Kier molecular flexibility index (Phi) is 9.06. The predicted molar refractivity (Wildman–Crippen MR) is 128 cm³/mol. The molecule has 0 aromatic heterocycles. The minimum Gasteiger partial charge on any atom is -0.381 e. The molecule has 1 saturated carbocycles. The molecule has 1 N–H and O–H groups in total. The zero-order valence-corrected chi connectivity index (χ0v) is 20.0. The van der Waals surface area contributed by atoms with Crippen LogP contribution in [0, 0.1) is 11.8 Å². The summed E-state index contributed by atoms with van der Waals surface area (Å²) in [5.41, 5.74) is 2.53. The first-order chi connectivity index (χ1) is 13.8. The van der Waals surface area contributed by atoms with Gasteiger partial charge in [0, 0.05) is 39.9 Å². The first-order valence-corrected chi connectivity index (χ1v) is 11.0. The van der Waals surface area contributed by atoms with E-state index in [1.807, 2.05) is 7.05 Å². The average molecular weight is 513 g/mol. The van der Waals surface area contributed by atoms with Gasteiger partial charge in [0.25, 0.3) is 0 Å². The third kappa shape index (κ3) is 6.31. The van der Waals surface area contributed by atoms with Gasteiger partial charge in [0.05, 0.1) is 12.7 Å². The normalized spacial score (nSPS) is 25.4. The van der Waals surface area contributed by atoms with Gasteiger partial charge in [-0.1, -0.05) is 37.1 Å². The van der Waals surface area contributed by atoms with Gasteiger partial charge < -0.3 is 19.7 Å². The Morgan fingerprint density at radius 2 is 1.79 bits per heavy atom. The van der Waals surface area contributed by atoms with Crippen molar-refractivity contribution in [3.8, 4) is 0 Å². The number of hydrogen-bond acceptors (Lipinski definition) is 3. The lowest BCUT2D eigenvalue weighted by Crippen LogP contribution is -2.39. The largest absolute Gasteiger partial charge is 0.381 e. The van der Waals surface area contributed by atoms with Crippen molar-refractivity contribution >= 4 is 29.9 Å². The number of nitrogens with zero attached hydrogens (tertiary/aromatic N) is 2. The third-order valence-corrected chi connectivity index (χ3v) is 6.58. The molecule has 5 nitrogen and oxygen atoms in total. The molecule has 2 unspecified atom stereocenters. The van der Waals surface area contributed by atoms with Gasteiger partial charge in [-0.3, -0.25) is 4.99 Å². The van der Waals surface area contributed by atoms with Crippen LogP contribution in [0.1, 0.15) is 49.7 Å². The molecule has 1 aromatic carbocycles. The fourth-order valence-corrected chi connectivity index (χ4v) is 4.98. The molecule has 0 radical (unpaired) electrons. The molecule has 1 aromatic rings. The highest BCUT2D eigenvalue weighted by Crippen LogP contribution is 2.35. The first-order valence-electron chi connectivity index (χ1n) is 11.0. The fourth-order valence-electron chi connectivity index (χ4n) is 4.98. The van der Waals surface area contributed by atoms with Gasteiger partial charge in [-0.05, 0) is 48.6 Å². The topological polar surface area (TPSA) is 46.1 Å². The van der Waals surface area contributed by atoms with Crippen molar-refractivity contribution in [2.75, 3.05) is 33.4 Å². The Morgan fingerprint density at radius 3 is 2.48 bits per heavy atom. The molecule has 4 rings (SSSR count). The summed E-state index contributed by atoms with van der Waals surface area (Å²) in [5.74, 6) is 2.80. The zero-order valence-electron chi connectivity index (χ0n) is 17.6. The van der Waals surface area contributed by atoms with Crippen LogP contribution in [0.15, 0.2) is 29.3 Å². The van der Waals surface area contributed by atoms with E-state index in [4.69, 9.17) is 9.47 Å². The van der Waals surface area contributed by atoms with E-state index in [9.17, 15) is 0 Å². The second kappa shape index (κ2) is 11.5. The van der Waals surface area contributed by atoms with E-state index in [0.717, 1.165) is 50.4 Å². The quantitative estimate of drug-likeness (QED) is 0.365. The Morgan fingerprint density at radius 1 is 1.10 bits per heavy atom. The monoisotopic (exact) mass is 513 g/mol. The maximum Gasteiger partial charge on any atom is 0.193 e. The van der Waals surface area contributed by atoms with Gasteiger partial charge in [-0.2, -0.15) is 0 Å². The van der Waals surface area contributed by atoms with E-state index in [-0.39, 0.29) is 24.0 Å². The van der Waals surface area contributed by atoms with Crippen molar-refractivity contribution in [2.45, 2.75) is 57.8 Å². The Bertz CT molecular complexity index is 649. The predicted octanol–water partition coefficient (Wildman–Crippen LogP) is 4.20.